The number of nitrogens with zero attached hydrogens (tertiary/aromatic N) is 2. The molecule has 2 heteroatoms. The van der Waals surface area contributed by atoms with Gasteiger partial charge in [-0.2, -0.15) is 0 Å². The molecule has 0 saturated heterocycles. The van der Waals surface area contributed by atoms with Gasteiger partial charge in [-0.15, -0.1) is 0 Å². The molecule has 0 radical (unpaired) electrons. The molecule has 2 aromatic rings. The Labute approximate surface area is 166 Å². The summed E-state index contributed by atoms with van der Waals surface area (Å²) in [4.78, 5) is 0. The van der Waals surface area contributed by atoms with Gasteiger partial charge in [-0.05, 0) is 23.5 Å². The van der Waals surface area contributed by atoms with Gasteiger partial charge in [0, 0.05) is 30.7 Å². The highest BCUT2D eigenvalue weighted by molar-refractivity contribution is 5.60. The van der Waals surface area contributed by atoms with E-state index >= 15 is 0 Å². The fourth-order valence-electron chi connectivity index (χ4n) is 4.40. The molecule has 27 heavy (non-hydrogen) atoms. The van der Waals surface area contributed by atoms with Crippen LogP contribution >= 0.6 is 0 Å². The van der Waals surface area contributed by atoms with Gasteiger partial charge in [-0.3, -0.25) is 0 Å². The molecule has 0 N–H and O–H groups in total. The molecular formula is C25H38N2+2. The molecule has 2 heterocycles. The zero-order valence-electron chi connectivity index (χ0n) is 17.3. The molecule has 0 spiro atoms. The summed E-state index contributed by atoms with van der Waals surface area (Å²) in [5, 5.41) is 0. The third kappa shape index (κ3) is 7.08. The summed E-state index contributed by atoms with van der Waals surface area (Å²) in [6.45, 7) is 1.15. The summed E-state index contributed by atoms with van der Waals surface area (Å²) in [6.07, 6.45) is 26.2. The topological polar surface area (TPSA) is 7.76 Å². The number of pyridine rings is 2. The van der Waals surface area contributed by atoms with Gasteiger partial charge in [0.2, 0.25) is 0 Å². The summed E-state index contributed by atoms with van der Waals surface area (Å²) < 4.78 is 4.39. The van der Waals surface area contributed by atoms with E-state index in [1.54, 1.807) is 0 Å². The minimum Gasteiger partial charge on any atom is -0.208 e. The average molecular weight is 367 g/mol. The van der Waals surface area contributed by atoms with Crippen LogP contribution in [0.4, 0.5) is 0 Å². The van der Waals surface area contributed by atoms with Gasteiger partial charge in [0.15, 0.2) is 24.8 Å². The lowest BCUT2D eigenvalue weighted by Gasteiger charge is -2.06. The summed E-state index contributed by atoms with van der Waals surface area (Å²) in [7, 11) is 2.05. The predicted octanol–water partition coefficient (Wildman–Crippen LogP) is 5.78. The highest BCUT2D eigenvalue weighted by atomic mass is 14.9. The lowest BCUT2D eigenvalue weighted by molar-refractivity contribution is -0.697. The predicted molar refractivity (Wildman–Crippen MR) is 112 cm³/mol. The SMILES string of the molecule is C1CCCC1.C[n+]1ccc(-c2cc[n+](CCCCC3CCCC3)cc2)cc1. The first-order valence-electron chi connectivity index (χ1n) is 11.3. The van der Waals surface area contributed by atoms with E-state index in [4.69, 9.17) is 0 Å². The van der Waals surface area contributed by atoms with Crippen LogP contribution in [0.1, 0.15) is 77.0 Å². The zero-order chi connectivity index (χ0) is 18.7. The molecule has 0 aromatic carbocycles. The highest BCUT2D eigenvalue weighted by Gasteiger charge is 2.14. The third-order valence-electron chi connectivity index (χ3n) is 6.21. The van der Waals surface area contributed by atoms with Crippen LogP contribution in [-0.2, 0) is 13.6 Å². The molecule has 2 fully saturated rings. The first-order chi connectivity index (χ1) is 13.3. The Morgan fingerprint density at radius 1 is 0.704 bits per heavy atom. The number of hydrogen-bond donors (Lipinski definition) is 0. The van der Waals surface area contributed by atoms with E-state index in [2.05, 4.69) is 58.2 Å². The molecule has 0 aliphatic heterocycles. The van der Waals surface area contributed by atoms with E-state index in [1.165, 1.54) is 88.2 Å². The van der Waals surface area contributed by atoms with Crippen LogP contribution in [0.15, 0.2) is 49.1 Å². The first-order valence-corrected chi connectivity index (χ1v) is 11.3. The third-order valence-corrected chi connectivity index (χ3v) is 6.21. The van der Waals surface area contributed by atoms with Crippen LogP contribution in [0.3, 0.4) is 0 Å². The molecule has 2 aliphatic carbocycles. The minimum atomic E-state index is 1.03. The molecule has 146 valence electrons. The minimum absolute atomic E-state index is 1.03. The van der Waals surface area contributed by atoms with Crippen molar-refractivity contribution < 1.29 is 9.13 Å². The molecule has 2 aliphatic rings. The normalized spacial score (nSPS) is 16.9. The van der Waals surface area contributed by atoms with Crippen molar-refractivity contribution in [1.29, 1.82) is 0 Å². The van der Waals surface area contributed by atoms with Crippen molar-refractivity contribution >= 4 is 0 Å². The van der Waals surface area contributed by atoms with Gasteiger partial charge < -0.3 is 0 Å². The van der Waals surface area contributed by atoms with Gasteiger partial charge in [0.05, 0.1) is 0 Å². The molecule has 0 unspecified atom stereocenters. The summed E-state index contributed by atoms with van der Waals surface area (Å²) in [5.74, 6) is 1.03. The Morgan fingerprint density at radius 2 is 1.22 bits per heavy atom. The standard InChI is InChI=1S/C20H28N2.C5H10/c1-21-14-9-19(10-15-21)20-11-16-22(17-12-20)13-5-4-8-18-6-2-3-7-18;1-2-4-5-3-1/h9-12,14-18H,2-8,13H2,1H3;1-5H2/q+2;. The van der Waals surface area contributed by atoms with Gasteiger partial charge in [0.25, 0.3) is 0 Å². The van der Waals surface area contributed by atoms with Crippen molar-refractivity contribution in [3.8, 4) is 11.1 Å². The maximum Gasteiger partial charge on any atom is 0.169 e. The van der Waals surface area contributed by atoms with Crippen molar-refractivity contribution in [1.82, 2.24) is 0 Å². The quantitative estimate of drug-likeness (QED) is 0.452. The second kappa shape index (κ2) is 11.2. The Hall–Kier alpha value is -1.70. The molecule has 2 aromatic heterocycles. The Morgan fingerprint density at radius 3 is 1.78 bits per heavy atom. The van der Waals surface area contributed by atoms with Gasteiger partial charge >= 0.3 is 0 Å². The molecule has 2 nitrogen and oxygen atoms in total. The molecule has 4 rings (SSSR count). The number of aryl methyl sites for hydroxylation is 2. The van der Waals surface area contributed by atoms with Crippen molar-refractivity contribution in [2.75, 3.05) is 0 Å². The molecular weight excluding hydrogens is 328 g/mol. The Kier molecular flexibility index (Phi) is 8.32. The molecule has 0 bridgehead atoms. The first kappa shape index (κ1) is 20.0. The summed E-state index contributed by atoms with van der Waals surface area (Å²) >= 11 is 0. The van der Waals surface area contributed by atoms with E-state index in [9.17, 15) is 0 Å². The molecule has 0 amide bonds. The van der Waals surface area contributed by atoms with E-state index in [-0.39, 0.29) is 0 Å². The maximum absolute atomic E-state index is 2.32. The van der Waals surface area contributed by atoms with Crippen LogP contribution in [0.5, 0.6) is 0 Å². The van der Waals surface area contributed by atoms with Gasteiger partial charge in [0.1, 0.15) is 13.6 Å². The smallest absolute Gasteiger partial charge is 0.169 e. The summed E-state index contributed by atoms with van der Waals surface area (Å²) in [6, 6.07) is 8.79. The largest absolute Gasteiger partial charge is 0.208 e. The van der Waals surface area contributed by atoms with Gasteiger partial charge in [-0.1, -0.05) is 64.2 Å². The van der Waals surface area contributed by atoms with Crippen LogP contribution < -0.4 is 9.13 Å². The average Bonchev–Trinajstić information content (AvgIpc) is 3.43. The Bertz CT molecular complexity index is 627. The van der Waals surface area contributed by atoms with Crippen molar-refractivity contribution in [2.45, 2.75) is 83.6 Å². The Balaban J connectivity index is 0.000000364. The lowest BCUT2D eigenvalue weighted by atomic mass is 10.0. The van der Waals surface area contributed by atoms with Crippen LogP contribution in [0.2, 0.25) is 0 Å². The van der Waals surface area contributed by atoms with E-state index in [0.29, 0.717) is 0 Å². The zero-order valence-corrected chi connectivity index (χ0v) is 17.3. The van der Waals surface area contributed by atoms with E-state index in [1.807, 2.05) is 7.05 Å². The molecule has 2 saturated carbocycles. The fourth-order valence-corrected chi connectivity index (χ4v) is 4.40. The molecule has 0 atom stereocenters. The number of unbranched alkanes of at least 4 members (excludes halogenated alkanes) is 1. The van der Waals surface area contributed by atoms with Crippen molar-refractivity contribution in [3.05, 3.63) is 49.1 Å². The van der Waals surface area contributed by atoms with Crippen molar-refractivity contribution in [2.24, 2.45) is 13.0 Å². The fraction of sp³-hybridized carbons (Fsp3) is 0.600. The summed E-state index contributed by atoms with van der Waals surface area (Å²) in [5.41, 5.74) is 2.58. The van der Waals surface area contributed by atoms with Crippen LogP contribution in [0.25, 0.3) is 11.1 Å². The number of rotatable bonds is 6. The number of aromatic nitrogens is 2. The maximum atomic E-state index is 2.32. The monoisotopic (exact) mass is 366 g/mol. The van der Waals surface area contributed by atoms with E-state index < -0.39 is 0 Å². The van der Waals surface area contributed by atoms with Crippen LogP contribution in [0, 0.1) is 5.92 Å². The van der Waals surface area contributed by atoms with Crippen molar-refractivity contribution in [3.63, 3.8) is 0 Å². The highest BCUT2D eigenvalue weighted by Crippen LogP contribution is 2.28. The second-order valence-electron chi connectivity index (χ2n) is 8.49. The van der Waals surface area contributed by atoms with Gasteiger partial charge in [-0.25, -0.2) is 9.13 Å². The second-order valence-corrected chi connectivity index (χ2v) is 8.49. The van der Waals surface area contributed by atoms with E-state index in [0.717, 1.165) is 12.5 Å². The lowest BCUT2D eigenvalue weighted by Crippen LogP contribution is -2.32. The number of hydrogen-bond acceptors (Lipinski definition) is 0. The van der Waals surface area contributed by atoms with Crippen LogP contribution in [-0.4, -0.2) is 0 Å².